The van der Waals surface area contributed by atoms with Gasteiger partial charge in [0.25, 0.3) is 0 Å². The Balaban J connectivity index is 0.00000156. The number of nitrogens with two attached hydrogens (primary N) is 1. The van der Waals surface area contributed by atoms with E-state index in [4.69, 9.17) is 10.7 Å². The summed E-state index contributed by atoms with van der Waals surface area (Å²) in [4.78, 5) is 22.1. The first-order valence-electron chi connectivity index (χ1n) is 13.5. The van der Waals surface area contributed by atoms with E-state index < -0.39 is 11.2 Å². The number of nitrogens with zero attached hydrogens (tertiary/aromatic N) is 5. The van der Waals surface area contributed by atoms with Gasteiger partial charge in [0.05, 0.1) is 11.1 Å². The highest BCUT2D eigenvalue weighted by atomic mass is 32.2. The second kappa shape index (κ2) is 12.4. The van der Waals surface area contributed by atoms with Gasteiger partial charge in [0, 0.05) is 19.1 Å². The van der Waals surface area contributed by atoms with Crippen molar-refractivity contribution >= 4 is 23.5 Å². The van der Waals surface area contributed by atoms with Crippen molar-refractivity contribution in [3.05, 3.63) is 52.6 Å². The lowest BCUT2D eigenvalue weighted by molar-refractivity contribution is -0.117. The Morgan fingerprint density at radius 3 is 2.16 bits per heavy atom. The summed E-state index contributed by atoms with van der Waals surface area (Å²) >= 11 is 1.23. The first-order chi connectivity index (χ1) is 18.1. The summed E-state index contributed by atoms with van der Waals surface area (Å²) in [5, 5.41) is 20.1. The number of benzene rings is 1. The molecule has 8 heteroatoms. The summed E-state index contributed by atoms with van der Waals surface area (Å²) in [7, 11) is 0. The molecule has 37 heavy (non-hydrogen) atoms. The van der Waals surface area contributed by atoms with Gasteiger partial charge in [-0.05, 0) is 68.7 Å². The van der Waals surface area contributed by atoms with Gasteiger partial charge in [0.15, 0.2) is 0 Å². The maximum Gasteiger partial charge on any atom is 0.235 e. The highest BCUT2D eigenvalue weighted by Gasteiger charge is 2.36. The fourth-order valence-corrected chi connectivity index (χ4v) is 6.51. The lowest BCUT2D eigenvalue weighted by Crippen LogP contribution is -2.44. The summed E-state index contributed by atoms with van der Waals surface area (Å²) in [5.74, 6) is 0.385. The highest BCUT2D eigenvalue weighted by Crippen LogP contribution is 2.48. The van der Waals surface area contributed by atoms with Crippen LogP contribution in [0.25, 0.3) is 0 Å². The number of piperidine rings is 1. The molecule has 3 aliphatic rings. The topological polar surface area (TPSA) is 110 Å². The second-order valence-electron chi connectivity index (χ2n) is 9.67. The van der Waals surface area contributed by atoms with Crippen LogP contribution in [-0.2, 0) is 4.79 Å². The fraction of sp³-hybridized carbons (Fsp3) is 0.517. The Morgan fingerprint density at radius 2 is 1.62 bits per heavy atom. The zero-order valence-corrected chi connectivity index (χ0v) is 22.6. The molecule has 1 amide bonds. The van der Waals surface area contributed by atoms with Crippen LogP contribution < -0.4 is 10.6 Å². The Labute approximate surface area is 224 Å². The van der Waals surface area contributed by atoms with Gasteiger partial charge in [0.2, 0.25) is 5.91 Å². The van der Waals surface area contributed by atoms with E-state index in [0.29, 0.717) is 28.0 Å². The van der Waals surface area contributed by atoms with Crippen LogP contribution in [0.1, 0.15) is 85.8 Å². The van der Waals surface area contributed by atoms with Crippen LogP contribution in [0, 0.1) is 22.7 Å². The number of aromatic nitrogens is 1. The van der Waals surface area contributed by atoms with Crippen molar-refractivity contribution in [2.24, 2.45) is 5.73 Å². The largest absolute Gasteiger partial charge is 0.368 e. The third kappa shape index (κ3) is 5.92. The van der Waals surface area contributed by atoms with Crippen LogP contribution in [0.2, 0.25) is 0 Å². The van der Waals surface area contributed by atoms with Gasteiger partial charge in [0.1, 0.15) is 28.2 Å². The molecule has 1 aromatic heterocycles. The molecule has 0 radical (unpaired) electrons. The SMILES string of the molecule is CC.N#Cc1c(SC(C(N)=O)c2ccccc2)nc(N2CCC(N3CCCC3)CC2)c(C#N)c1C1CC1. The quantitative estimate of drug-likeness (QED) is 0.509. The number of rotatable bonds is 7. The zero-order chi connectivity index (χ0) is 26.4. The van der Waals surface area contributed by atoms with Gasteiger partial charge in [-0.3, -0.25) is 4.79 Å². The Kier molecular flexibility index (Phi) is 9.08. The maximum absolute atomic E-state index is 12.4. The number of primary amides is 1. The van der Waals surface area contributed by atoms with E-state index in [-0.39, 0.29) is 5.92 Å². The summed E-state index contributed by atoms with van der Waals surface area (Å²) in [6, 6.07) is 14.7. The highest BCUT2D eigenvalue weighted by molar-refractivity contribution is 8.00. The number of anilines is 1. The number of pyridine rings is 1. The molecule has 0 spiro atoms. The maximum atomic E-state index is 12.4. The van der Waals surface area contributed by atoms with Gasteiger partial charge in [-0.15, -0.1) is 0 Å². The number of nitriles is 2. The predicted octanol–water partition coefficient (Wildman–Crippen LogP) is 5.11. The summed E-state index contributed by atoms with van der Waals surface area (Å²) in [6.07, 6.45) is 6.58. The van der Waals surface area contributed by atoms with E-state index in [9.17, 15) is 15.3 Å². The zero-order valence-electron chi connectivity index (χ0n) is 21.8. The van der Waals surface area contributed by atoms with Crippen LogP contribution in [0.5, 0.6) is 0 Å². The minimum Gasteiger partial charge on any atom is -0.368 e. The Bertz CT molecular complexity index is 1170. The summed E-state index contributed by atoms with van der Waals surface area (Å²) < 4.78 is 0. The minimum absolute atomic E-state index is 0.200. The third-order valence-electron chi connectivity index (χ3n) is 7.40. The van der Waals surface area contributed by atoms with Crippen LogP contribution in [-0.4, -0.2) is 48.0 Å². The van der Waals surface area contributed by atoms with Crippen molar-refractivity contribution in [3.8, 4) is 12.1 Å². The molecule has 1 unspecified atom stereocenters. The predicted molar refractivity (Wildman–Crippen MR) is 147 cm³/mol. The molecule has 7 nitrogen and oxygen atoms in total. The average Bonchev–Trinajstić information content (AvgIpc) is 3.64. The monoisotopic (exact) mass is 516 g/mol. The molecule has 3 heterocycles. The van der Waals surface area contributed by atoms with Gasteiger partial charge in [-0.1, -0.05) is 55.9 Å². The normalized spacial score (nSPS) is 18.9. The molecule has 2 aromatic rings. The van der Waals surface area contributed by atoms with E-state index in [1.165, 1.54) is 37.7 Å². The fourth-order valence-electron chi connectivity index (χ4n) is 5.46. The van der Waals surface area contributed by atoms with Crippen molar-refractivity contribution in [1.82, 2.24) is 9.88 Å². The number of thioether (sulfide) groups is 1. The number of amides is 1. The molecular weight excluding hydrogens is 480 g/mol. The van der Waals surface area contributed by atoms with Crippen LogP contribution in [0.15, 0.2) is 35.4 Å². The lowest BCUT2D eigenvalue weighted by Gasteiger charge is -2.38. The second-order valence-corrected chi connectivity index (χ2v) is 10.8. The molecule has 1 saturated carbocycles. The van der Waals surface area contributed by atoms with Gasteiger partial charge in [-0.25, -0.2) is 4.98 Å². The van der Waals surface area contributed by atoms with E-state index in [1.807, 2.05) is 44.2 Å². The molecule has 2 aliphatic heterocycles. The van der Waals surface area contributed by atoms with Crippen LogP contribution >= 0.6 is 11.8 Å². The van der Waals surface area contributed by atoms with Gasteiger partial charge < -0.3 is 15.5 Å². The van der Waals surface area contributed by atoms with E-state index in [1.54, 1.807) is 0 Å². The number of hydrogen-bond acceptors (Lipinski definition) is 7. The smallest absolute Gasteiger partial charge is 0.235 e. The van der Waals surface area contributed by atoms with Crippen molar-refractivity contribution in [3.63, 3.8) is 0 Å². The molecular formula is C29H36N6OS. The molecule has 2 N–H and O–H groups in total. The van der Waals surface area contributed by atoms with Crippen molar-refractivity contribution in [1.29, 1.82) is 10.5 Å². The Morgan fingerprint density at radius 1 is 1.00 bits per heavy atom. The van der Waals surface area contributed by atoms with Gasteiger partial charge in [-0.2, -0.15) is 10.5 Å². The van der Waals surface area contributed by atoms with E-state index >= 15 is 0 Å². The van der Waals surface area contributed by atoms with Crippen molar-refractivity contribution < 1.29 is 4.79 Å². The average molecular weight is 517 g/mol. The van der Waals surface area contributed by atoms with Crippen LogP contribution in [0.3, 0.4) is 0 Å². The molecule has 1 aliphatic carbocycles. The van der Waals surface area contributed by atoms with Gasteiger partial charge >= 0.3 is 0 Å². The molecule has 2 saturated heterocycles. The van der Waals surface area contributed by atoms with E-state index in [0.717, 1.165) is 49.9 Å². The lowest BCUT2D eigenvalue weighted by atomic mass is 9.98. The van der Waals surface area contributed by atoms with Crippen LogP contribution in [0.4, 0.5) is 5.82 Å². The third-order valence-corrected chi connectivity index (χ3v) is 8.66. The first-order valence-corrected chi connectivity index (χ1v) is 14.4. The Hall–Kier alpha value is -3.07. The number of carbonyl (C=O) groups is 1. The molecule has 194 valence electrons. The molecule has 0 bridgehead atoms. The molecule has 3 fully saturated rings. The molecule has 1 aromatic carbocycles. The van der Waals surface area contributed by atoms with Crippen molar-refractivity contribution in [2.45, 2.75) is 74.6 Å². The molecule has 5 rings (SSSR count). The summed E-state index contributed by atoms with van der Waals surface area (Å²) in [6.45, 7) is 8.04. The summed E-state index contributed by atoms with van der Waals surface area (Å²) in [5.41, 5.74) is 8.33. The molecule has 1 atom stereocenters. The number of carbonyl (C=O) groups excluding carboxylic acids is 1. The van der Waals surface area contributed by atoms with Crippen molar-refractivity contribution in [2.75, 3.05) is 31.1 Å². The van der Waals surface area contributed by atoms with E-state index in [2.05, 4.69) is 21.9 Å². The number of hydrogen-bond donors (Lipinski definition) is 1. The minimum atomic E-state index is -0.662. The number of likely N-dealkylation sites (tertiary alicyclic amines) is 1. The standard InChI is InChI=1S/C27H30N6OS.C2H6/c28-16-21-23(18-8-9-18)22(17-29)27(35-24(25(30)34)19-6-2-1-3-7-19)31-26(21)33-14-10-20(11-15-33)32-12-4-5-13-32;1-2/h1-3,6-7,18,20,24H,4-5,8-15H2,(H2,30,34);1-2H3. The first kappa shape index (κ1) is 27.0.